The van der Waals surface area contributed by atoms with Gasteiger partial charge < -0.3 is 19.3 Å². The smallest absolute Gasteiger partial charge is 0.257 e. The maximum absolute atomic E-state index is 13.8. The normalized spacial score (nSPS) is 16.9. The Kier molecular flexibility index (Phi) is 17.4. The fraction of sp³-hybridized carbons (Fsp3) is 0.575. The monoisotopic (exact) mass is 691 g/mol. The van der Waals surface area contributed by atoms with Gasteiger partial charge in [0.15, 0.2) is 11.4 Å². The Morgan fingerprint density at radius 1 is 1.00 bits per heavy atom. The molecule has 2 aromatic carbocycles. The van der Waals surface area contributed by atoms with Crippen LogP contribution in [0.4, 0.5) is 5.82 Å². The molecule has 0 radical (unpaired) electrons. The van der Waals surface area contributed by atoms with Gasteiger partial charge in [-0.05, 0) is 86.8 Å². The number of aromatic nitrogens is 1. The predicted molar refractivity (Wildman–Crippen MR) is 206 cm³/mol. The Bertz CT molecular complexity index is 1460. The molecule has 0 saturated carbocycles. The van der Waals surface area contributed by atoms with Gasteiger partial charge >= 0.3 is 0 Å². The van der Waals surface area contributed by atoms with Crippen LogP contribution < -0.4 is 10.0 Å². The molecule has 0 aliphatic carbocycles. The van der Waals surface area contributed by atoms with E-state index in [1.807, 2.05) is 45.6 Å². The van der Waals surface area contributed by atoms with Crippen molar-refractivity contribution in [2.75, 3.05) is 24.4 Å². The summed E-state index contributed by atoms with van der Waals surface area (Å²) < 4.78 is 14.6. The highest BCUT2D eigenvalue weighted by molar-refractivity contribution is 8.00. The van der Waals surface area contributed by atoms with Gasteiger partial charge in [0, 0.05) is 30.0 Å². The lowest BCUT2D eigenvalue weighted by Crippen LogP contribution is -2.51. The molecule has 49 heavy (non-hydrogen) atoms. The molecule has 1 aromatic heterocycles. The lowest BCUT2D eigenvalue weighted by molar-refractivity contribution is -0.132. The lowest BCUT2D eigenvalue weighted by atomic mass is 9.90. The molecule has 3 aromatic rings. The number of rotatable bonds is 15. The number of ether oxygens (including phenoxy) is 1. The van der Waals surface area contributed by atoms with Crippen molar-refractivity contribution in [2.24, 2.45) is 4.99 Å². The first-order valence-corrected chi connectivity index (χ1v) is 19.4. The van der Waals surface area contributed by atoms with Gasteiger partial charge in [0.25, 0.3) is 5.91 Å². The molecule has 9 heteroatoms. The number of amides is 1. The van der Waals surface area contributed by atoms with Gasteiger partial charge in [0.2, 0.25) is 0 Å². The number of hydrogen-bond donors (Lipinski definition) is 2. The summed E-state index contributed by atoms with van der Waals surface area (Å²) in [5.41, 5.74) is 4.76. The molecule has 2 N–H and O–H groups in total. The Morgan fingerprint density at radius 3 is 2.37 bits per heavy atom. The molecular weight excluding hydrogens is 631 g/mol. The van der Waals surface area contributed by atoms with Crippen molar-refractivity contribution in [3.63, 3.8) is 0 Å². The van der Waals surface area contributed by atoms with E-state index in [-0.39, 0.29) is 5.91 Å². The molecule has 1 fully saturated rings. The molecule has 8 nitrogen and oxygen atoms in total. The summed E-state index contributed by atoms with van der Waals surface area (Å²) in [7, 11) is 0. The van der Waals surface area contributed by atoms with Crippen molar-refractivity contribution in [2.45, 2.75) is 137 Å². The number of amidine groups is 1. The number of aryl methyl sites for hydroxylation is 1. The molecule has 3 heterocycles. The van der Waals surface area contributed by atoms with Crippen LogP contribution in [0.5, 0.6) is 0 Å². The van der Waals surface area contributed by atoms with Crippen molar-refractivity contribution < 1.29 is 14.1 Å². The number of piperidine rings is 1. The van der Waals surface area contributed by atoms with Crippen molar-refractivity contribution in [1.82, 2.24) is 15.4 Å². The summed E-state index contributed by atoms with van der Waals surface area (Å²) in [5, 5.41) is 7.55. The molecular formula is C40H61N5O3S. The summed E-state index contributed by atoms with van der Waals surface area (Å²) >= 11 is 1.52. The van der Waals surface area contributed by atoms with Crippen molar-refractivity contribution in [1.29, 1.82) is 0 Å². The van der Waals surface area contributed by atoms with Crippen LogP contribution in [0.25, 0.3) is 11.1 Å². The van der Waals surface area contributed by atoms with E-state index in [1.54, 1.807) is 0 Å². The Morgan fingerprint density at radius 2 is 1.73 bits per heavy atom. The van der Waals surface area contributed by atoms with E-state index in [9.17, 15) is 4.79 Å². The molecule has 1 saturated heterocycles. The fourth-order valence-electron chi connectivity index (χ4n) is 6.00. The number of anilines is 1. The van der Waals surface area contributed by atoms with Crippen molar-refractivity contribution in [3.8, 4) is 11.1 Å². The second kappa shape index (κ2) is 21.2. The van der Waals surface area contributed by atoms with Crippen LogP contribution in [0.3, 0.4) is 0 Å². The zero-order valence-electron chi connectivity index (χ0n) is 31.4. The minimum Gasteiger partial charge on any atom is -0.377 e. The molecule has 2 aliphatic rings. The maximum atomic E-state index is 13.8. The summed E-state index contributed by atoms with van der Waals surface area (Å²) in [5.74, 6) is 2.61. The molecule has 2 aliphatic heterocycles. The highest BCUT2D eigenvalue weighted by atomic mass is 32.2. The summed E-state index contributed by atoms with van der Waals surface area (Å²) in [6.07, 6.45) is 10.2. The van der Waals surface area contributed by atoms with E-state index in [4.69, 9.17) is 14.3 Å². The summed E-state index contributed by atoms with van der Waals surface area (Å²) in [6, 6.07) is 14.8. The molecule has 1 atom stereocenters. The van der Waals surface area contributed by atoms with Gasteiger partial charge in [0.1, 0.15) is 11.6 Å². The number of nitrogens with one attached hydrogen (secondary N) is 2. The van der Waals surface area contributed by atoms with E-state index >= 15 is 0 Å². The van der Waals surface area contributed by atoms with Crippen molar-refractivity contribution >= 4 is 29.5 Å². The number of hydrogen-bond acceptors (Lipinski definition) is 8. The Labute approximate surface area is 300 Å². The number of aliphatic imine (C=N–C) groups is 1. The molecule has 1 amide bonds. The molecule has 270 valence electrons. The third kappa shape index (κ3) is 10.9. The van der Waals surface area contributed by atoms with E-state index in [0.29, 0.717) is 26.3 Å². The van der Waals surface area contributed by atoms with E-state index in [0.717, 1.165) is 88.8 Å². The van der Waals surface area contributed by atoms with Crippen molar-refractivity contribution in [3.05, 3.63) is 64.9 Å². The van der Waals surface area contributed by atoms with Gasteiger partial charge in [-0.3, -0.25) is 14.7 Å². The van der Waals surface area contributed by atoms with Crippen LogP contribution in [0.1, 0.15) is 122 Å². The largest absolute Gasteiger partial charge is 0.377 e. The van der Waals surface area contributed by atoms with Crippen LogP contribution in [0, 0.1) is 13.8 Å². The van der Waals surface area contributed by atoms with Gasteiger partial charge in [-0.1, -0.05) is 108 Å². The number of carbonyl (C=O) groups excluding carboxylic acids is 1. The van der Waals surface area contributed by atoms with Crippen LogP contribution in [-0.2, 0) is 22.7 Å². The third-order valence-corrected chi connectivity index (χ3v) is 9.81. The van der Waals surface area contributed by atoms with Crippen LogP contribution in [0.2, 0.25) is 0 Å². The number of carbonyl (C=O) groups is 1. The van der Waals surface area contributed by atoms with Gasteiger partial charge in [-0.25, -0.2) is 0 Å². The number of unbranched alkanes of at least 4 members (excludes halogenated alkanes) is 4. The SMILES string of the molecule is CC.CCCCC1=NC2(CCCNC2)C(=O)N1Cc1ccc(-c2ccccc2SNc2noc(C)c2C)c(COCC)c1.CCCCCC. The average Bonchev–Trinajstić information content (AvgIpc) is 3.59. The first kappa shape index (κ1) is 40.3. The maximum Gasteiger partial charge on any atom is 0.257 e. The van der Waals surface area contributed by atoms with Crippen LogP contribution >= 0.6 is 11.9 Å². The number of benzene rings is 2. The molecule has 1 unspecified atom stereocenters. The fourth-order valence-corrected chi connectivity index (χ4v) is 6.83. The lowest BCUT2D eigenvalue weighted by Gasteiger charge is -2.30. The first-order valence-electron chi connectivity index (χ1n) is 18.6. The summed E-state index contributed by atoms with van der Waals surface area (Å²) in [4.78, 5) is 21.9. The van der Waals surface area contributed by atoms with Crippen LogP contribution in [-0.4, -0.2) is 47.0 Å². The van der Waals surface area contributed by atoms with E-state index in [1.165, 1.54) is 37.6 Å². The van der Waals surface area contributed by atoms with Gasteiger partial charge in [0.05, 0.1) is 13.2 Å². The first-order chi connectivity index (χ1) is 23.9. The average molecular weight is 692 g/mol. The second-order valence-corrected chi connectivity index (χ2v) is 13.4. The highest BCUT2D eigenvalue weighted by Gasteiger charge is 2.48. The quantitative estimate of drug-likeness (QED) is 0.121. The van der Waals surface area contributed by atoms with Gasteiger partial charge in [-0.15, -0.1) is 0 Å². The van der Waals surface area contributed by atoms with E-state index < -0.39 is 5.54 Å². The highest BCUT2D eigenvalue weighted by Crippen LogP contribution is 2.37. The van der Waals surface area contributed by atoms with E-state index in [2.05, 4.69) is 72.4 Å². The Hall–Kier alpha value is -3.14. The van der Waals surface area contributed by atoms with Gasteiger partial charge in [-0.2, -0.15) is 0 Å². The molecule has 0 bridgehead atoms. The zero-order valence-corrected chi connectivity index (χ0v) is 32.2. The zero-order chi connectivity index (χ0) is 35.6. The molecule has 5 rings (SSSR count). The topological polar surface area (TPSA) is 92.0 Å². The second-order valence-electron chi connectivity index (χ2n) is 12.6. The minimum absolute atomic E-state index is 0.137. The predicted octanol–water partition coefficient (Wildman–Crippen LogP) is 10.3. The third-order valence-electron chi connectivity index (χ3n) is 8.93. The number of nitrogens with zero attached hydrogens (tertiary/aromatic N) is 3. The van der Waals surface area contributed by atoms with Crippen LogP contribution in [0.15, 0.2) is 56.9 Å². The standard InChI is InChI=1S/C32H41N5O3S.C6H14.C2H6/c1-5-7-13-29-34-32(16-10-17-33-21-32)31(38)37(29)19-24-14-15-26(25(18-24)20-39-6-2)27-11-8-9-12-28(27)41-36-30-22(3)23(4)40-35-30;1-3-5-6-4-2;1-2/h8-9,11-12,14-15,18,33H,5-7,10,13,16-17,19-21H2,1-4H3,(H,35,36);3-6H2,1-2H3;1-2H3. The minimum atomic E-state index is -0.640. The molecule has 1 spiro atoms. The Balaban J connectivity index is 0.000000735. The summed E-state index contributed by atoms with van der Waals surface area (Å²) in [6.45, 7) is 19.8.